The van der Waals surface area contributed by atoms with Gasteiger partial charge in [0.05, 0.1) is 12.2 Å². The number of imide groups is 1. The second-order valence-electron chi connectivity index (χ2n) is 18.8. The van der Waals surface area contributed by atoms with Crippen molar-refractivity contribution in [3.05, 3.63) is 108 Å². The molecule has 8 rings (SSSR count). The molecule has 4 aromatic carbocycles. The van der Waals surface area contributed by atoms with Crippen LogP contribution in [0.5, 0.6) is 5.75 Å². The lowest BCUT2D eigenvalue weighted by Gasteiger charge is -2.31. The highest BCUT2D eigenvalue weighted by Gasteiger charge is 2.31. The molecular weight excluding hydrogens is 1040 g/mol. The van der Waals surface area contributed by atoms with Gasteiger partial charge in [-0.25, -0.2) is 9.59 Å². The molecule has 0 saturated carbocycles. The van der Waals surface area contributed by atoms with Crippen molar-refractivity contribution in [2.45, 2.75) is 58.4 Å². The molecule has 1 atom stereocenters. The number of amides is 10. The van der Waals surface area contributed by atoms with Crippen LogP contribution >= 0.6 is 11.6 Å². The van der Waals surface area contributed by atoms with Gasteiger partial charge in [0.1, 0.15) is 17.5 Å². The van der Waals surface area contributed by atoms with E-state index in [9.17, 15) is 43.2 Å². The highest BCUT2D eigenvalue weighted by atomic mass is 35.5. The number of ether oxygens (including phenoxy) is 1. The molecule has 3 aliphatic heterocycles. The third kappa shape index (κ3) is 16.6. The number of rotatable bonds is 20. The number of carbonyl (C=O) groups excluding carboxylic acids is 9. The SMILES string of the molecule is CCC.CCl.CN1CCN(C(=O)Oc2cc3c(c4ccccc24)CCN3C(=O)c2cc3cc(NC(=O)c4ccc(NC(=O)[C@H](CCCNC(N)=O)NC(=O)CNCCNC(=O)CCCN5C(=O)C=CC5=O)cc4)ccc3[nH]2)CC1. The minimum absolute atomic E-state index is 0.102. The number of benzene rings is 4. The Bertz CT molecular complexity index is 3030. The summed E-state index contributed by atoms with van der Waals surface area (Å²) >= 11 is 4.64. The van der Waals surface area contributed by atoms with E-state index < -0.39 is 47.7 Å². The summed E-state index contributed by atoms with van der Waals surface area (Å²) in [6.45, 7) is 7.88. The van der Waals surface area contributed by atoms with E-state index in [0.29, 0.717) is 83.9 Å². The highest BCUT2D eigenvalue weighted by Crippen LogP contribution is 2.41. The van der Waals surface area contributed by atoms with Crippen LogP contribution in [0.4, 0.5) is 26.7 Å². The number of piperazine rings is 1. The summed E-state index contributed by atoms with van der Waals surface area (Å²) in [6, 6.07) is 20.9. The van der Waals surface area contributed by atoms with Crippen molar-refractivity contribution >= 4 is 104 Å². The van der Waals surface area contributed by atoms with Gasteiger partial charge in [-0.3, -0.25) is 38.5 Å². The number of halogens is 1. The van der Waals surface area contributed by atoms with Crippen LogP contribution in [-0.2, 0) is 30.4 Å². The van der Waals surface area contributed by atoms with Crippen LogP contribution in [0.1, 0.15) is 72.4 Å². The van der Waals surface area contributed by atoms with Crippen molar-refractivity contribution in [2.75, 3.05) is 94.4 Å². The van der Waals surface area contributed by atoms with Gasteiger partial charge in [-0.2, -0.15) is 0 Å². The number of alkyl halides is 1. The quantitative estimate of drug-likeness (QED) is 0.0288. The number of hydrogen-bond donors (Lipinski definition) is 8. The Balaban J connectivity index is 0.00000195. The zero-order chi connectivity index (χ0) is 57.0. The van der Waals surface area contributed by atoms with Crippen LogP contribution in [0.15, 0.2) is 91.0 Å². The summed E-state index contributed by atoms with van der Waals surface area (Å²) in [4.78, 5) is 124. The summed E-state index contributed by atoms with van der Waals surface area (Å²) in [5, 5.41) is 18.8. The molecule has 10 amide bonds. The Hall–Kier alpha value is -8.34. The number of fused-ring (bicyclic) bond motifs is 4. The van der Waals surface area contributed by atoms with E-state index in [4.69, 9.17) is 10.5 Å². The zero-order valence-corrected chi connectivity index (χ0v) is 45.6. The predicted molar refractivity (Wildman–Crippen MR) is 303 cm³/mol. The lowest BCUT2D eigenvalue weighted by Crippen LogP contribution is -2.48. The number of nitrogens with two attached hydrogens (primary N) is 1. The number of aromatic amines is 1. The molecule has 0 unspecified atom stereocenters. The van der Waals surface area contributed by atoms with E-state index in [0.717, 1.165) is 34.3 Å². The maximum atomic E-state index is 14.2. The van der Waals surface area contributed by atoms with Crippen LogP contribution in [0.3, 0.4) is 0 Å². The number of carbonyl (C=O) groups is 9. The lowest BCUT2D eigenvalue weighted by atomic mass is 10.0. The van der Waals surface area contributed by atoms with Crippen LogP contribution in [0.25, 0.3) is 21.7 Å². The fourth-order valence-electron chi connectivity index (χ4n) is 8.95. The highest BCUT2D eigenvalue weighted by molar-refractivity contribution is 6.15. The molecule has 0 aliphatic carbocycles. The Morgan fingerprint density at radius 1 is 0.759 bits per heavy atom. The molecule has 0 spiro atoms. The predicted octanol–water partition coefficient (Wildman–Crippen LogP) is 5.08. The third-order valence-electron chi connectivity index (χ3n) is 12.9. The summed E-state index contributed by atoms with van der Waals surface area (Å²) in [5.74, 6) is -2.43. The second kappa shape index (κ2) is 29.4. The van der Waals surface area contributed by atoms with Crippen molar-refractivity contribution in [2.24, 2.45) is 5.73 Å². The molecule has 1 fully saturated rings. The van der Waals surface area contributed by atoms with Crippen LogP contribution in [-0.4, -0.2) is 158 Å². The largest absolute Gasteiger partial charge is 0.415 e. The van der Waals surface area contributed by atoms with Crippen LogP contribution in [0.2, 0.25) is 0 Å². The minimum Gasteiger partial charge on any atom is -0.409 e. The van der Waals surface area contributed by atoms with E-state index in [2.05, 4.69) is 67.2 Å². The van der Waals surface area contributed by atoms with E-state index in [1.54, 1.807) is 52.3 Å². The van der Waals surface area contributed by atoms with Gasteiger partial charge >= 0.3 is 12.1 Å². The summed E-state index contributed by atoms with van der Waals surface area (Å²) in [7, 11) is 2.01. The Morgan fingerprint density at radius 3 is 2.14 bits per heavy atom. The number of nitrogens with one attached hydrogen (secondary N) is 7. The van der Waals surface area contributed by atoms with Crippen molar-refractivity contribution in [3.63, 3.8) is 0 Å². The fraction of sp³-hybridized carbons (Fsp3) is 0.375. The molecule has 1 saturated heterocycles. The Kier molecular flexibility index (Phi) is 22.3. The number of aromatic nitrogens is 1. The van der Waals surface area contributed by atoms with Gasteiger partial charge in [0, 0.05) is 123 Å². The molecule has 1 aromatic heterocycles. The number of likely N-dealkylation sites (N-methyl/N-ethyl adjacent to an activating group) is 1. The molecule has 9 N–H and O–H groups in total. The molecular formula is C56H69ClN12O10. The number of anilines is 3. The van der Waals surface area contributed by atoms with Crippen molar-refractivity contribution in [3.8, 4) is 5.75 Å². The van der Waals surface area contributed by atoms with Gasteiger partial charge in [-0.15, -0.1) is 11.6 Å². The van der Waals surface area contributed by atoms with Crippen LogP contribution < -0.4 is 47.3 Å². The second-order valence-corrected chi connectivity index (χ2v) is 18.8. The molecule has 79 heavy (non-hydrogen) atoms. The summed E-state index contributed by atoms with van der Waals surface area (Å²) < 4.78 is 6.01. The van der Waals surface area contributed by atoms with Gasteiger partial charge < -0.3 is 62.1 Å². The van der Waals surface area contributed by atoms with Gasteiger partial charge in [0.15, 0.2) is 0 Å². The van der Waals surface area contributed by atoms with Crippen molar-refractivity contribution < 1.29 is 47.9 Å². The Labute approximate surface area is 463 Å². The standard InChI is InChI=1S/C52H58N12O10.C3H8.CH3Cl/c1-61-24-26-62(27-25-61)52(73)74-43-30-42-37(36-6-2-3-7-38(36)43)18-23-63(42)50(71)41-29-33-28-35(14-15-39(33)59-41)58-48(69)32-10-12-34(13-11-32)57-49(70)40(8-4-19-56-51(53)72)60-45(66)31-54-20-21-55-44(65)9-5-22-64-46(67)16-17-47(64)68;1-3-2;1-2/h2-3,6-7,10-17,28-30,40,54,59H,4-5,8-9,18-27,31H2,1H3,(H,55,65)(H,57,70)(H,58,69)(H,60,66)(H3,53,56,72);3H2,1-2H3;1H3/t40-;;/m0../s1. The number of H-pyrrole nitrogens is 1. The number of primary amides is 1. The maximum absolute atomic E-state index is 14.2. The van der Waals surface area contributed by atoms with Gasteiger partial charge in [0.25, 0.3) is 23.6 Å². The first kappa shape index (κ1) is 59.9. The molecule has 0 bridgehead atoms. The molecule has 4 heterocycles. The maximum Gasteiger partial charge on any atom is 0.415 e. The monoisotopic (exact) mass is 1100 g/mol. The van der Waals surface area contributed by atoms with Crippen molar-refractivity contribution in [1.29, 1.82) is 0 Å². The van der Waals surface area contributed by atoms with Gasteiger partial charge in [-0.1, -0.05) is 44.5 Å². The third-order valence-corrected chi connectivity index (χ3v) is 12.9. The first-order valence-corrected chi connectivity index (χ1v) is 27.0. The Morgan fingerprint density at radius 2 is 1.44 bits per heavy atom. The summed E-state index contributed by atoms with van der Waals surface area (Å²) in [6.07, 6.45) is 6.16. The number of nitrogens with zero attached hydrogens (tertiary/aromatic N) is 4. The number of hydrogen-bond acceptors (Lipinski definition) is 12. The minimum atomic E-state index is -1.01. The van der Waals surface area contributed by atoms with E-state index in [1.807, 2.05) is 31.3 Å². The number of urea groups is 1. The first-order valence-electron chi connectivity index (χ1n) is 26.2. The normalized spacial score (nSPS) is 14.1. The van der Waals surface area contributed by atoms with E-state index in [1.165, 1.54) is 37.1 Å². The van der Waals surface area contributed by atoms with E-state index >= 15 is 0 Å². The van der Waals surface area contributed by atoms with Gasteiger partial charge in [-0.05, 0) is 92.2 Å². The summed E-state index contributed by atoms with van der Waals surface area (Å²) in [5.41, 5.74) is 9.00. The molecule has 420 valence electrons. The zero-order valence-electron chi connectivity index (χ0n) is 44.9. The molecule has 5 aromatic rings. The molecule has 3 aliphatic rings. The smallest absolute Gasteiger partial charge is 0.409 e. The molecule has 23 heteroatoms. The molecule has 0 radical (unpaired) electrons. The topological polar surface area (TPSA) is 290 Å². The average molecular weight is 1110 g/mol. The van der Waals surface area contributed by atoms with E-state index in [-0.39, 0.29) is 57.4 Å². The fourth-order valence-corrected chi connectivity index (χ4v) is 8.95. The first-order chi connectivity index (χ1) is 38.1. The lowest BCUT2D eigenvalue weighted by molar-refractivity contribution is -0.137. The van der Waals surface area contributed by atoms with Crippen molar-refractivity contribution in [1.82, 2.24) is 41.0 Å². The van der Waals surface area contributed by atoms with Crippen LogP contribution in [0, 0.1) is 0 Å². The molecule has 22 nitrogen and oxygen atoms in total. The van der Waals surface area contributed by atoms with Gasteiger partial charge in [0.2, 0.25) is 17.7 Å². The average Bonchev–Trinajstić information content (AvgIpc) is 4.30.